The standard InChI is InChI=1S/C7H7BrF3N3O/c8-5-3(1-12)6(14-2-4(5)13)15-7(9,10)11/h2H,1,12-13H2. The summed E-state index contributed by atoms with van der Waals surface area (Å²) in [6.45, 7) is -0.163. The molecule has 0 aromatic carbocycles. The number of halogens is 4. The summed E-state index contributed by atoms with van der Waals surface area (Å²) in [4.78, 5) is 3.42. The molecule has 0 unspecified atom stereocenters. The molecule has 0 bridgehead atoms. The van der Waals surface area contributed by atoms with Crippen molar-refractivity contribution in [1.82, 2.24) is 4.98 Å². The molecule has 0 aliphatic heterocycles. The molecule has 15 heavy (non-hydrogen) atoms. The fourth-order valence-corrected chi connectivity index (χ4v) is 1.34. The molecule has 0 aliphatic carbocycles. The summed E-state index contributed by atoms with van der Waals surface area (Å²) in [5, 5.41) is 0. The van der Waals surface area contributed by atoms with E-state index < -0.39 is 12.2 Å². The van der Waals surface area contributed by atoms with Gasteiger partial charge in [-0.1, -0.05) is 0 Å². The van der Waals surface area contributed by atoms with Crippen LogP contribution in [-0.2, 0) is 6.54 Å². The van der Waals surface area contributed by atoms with Gasteiger partial charge in [-0.2, -0.15) is 0 Å². The predicted molar refractivity (Wildman–Crippen MR) is 50.9 cm³/mol. The molecule has 1 rings (SSSR count). The second-order valence-corrected chi connectivity index (χ2v) is 3.36. The van der Waals surface area contributed by atoms with Crippen molar-refractivity contribution in [2.24, 2.45) is 5.73 Å². The first-order chi connectivity index (χ1) is 6.85. The van der Waals surface area contributed by atoms with Crippen LogP contribution in [0.2, 0.25) is 0 Å². The second-order valence-electron chi connectivity index (χ2n) is 2.56. The third kappa shape index (κ3) is 2.96. The maximum atomic E-state index is 11.9. The Hall–Kier alpha value is -1.02. The molecule has 1 aromatic rings. The van der Waals surface area contributed by atoms with E-state index in [9.17, 15) is 13.2 Å². The Morgan fingerprint density at radius 2 is 2.07 bits per heavy atom. The molecule has 4 N–H and O–H groups in total. The van der Waals surface area contributed by atoms with Crippen LogP contribution in [0.4, 0.5) is 18.9 Å². The van der Waals surface area contributed by atoms with Crippen molar-refractivity contribution in [1.29, 1.82) is 0 Å². The number of pyridine rings is 1. The summed E-state index contributed by atoms with van der Waals surface area (Å²) in [6, 6.07) is 0. The molecule has 8 heteroatoms. The summed E-state index contributed by atoms with van der Waals surface area (Å²) >= 11 is 3.01. The third-order valence-corrected chi connectivity index (χ3v) is 2.45. The van der Waals surface area contributed by atoms with Crippen LogP contribution in [-0.4, -0.2) is 11.3 Å². The van der Waals surface area contributed by atoms with Gasteiger partial charge in [0, 0.05) is 12.1 Å². The Labute approximate surface area is 91.5 Å². The first-order valence-electron chi connectivity index (χ1n) is 3.74. The lowest BCUT2D eigenvalue weighted by molar-refractivity contribution is -0.276. The Bertz CT molecular complexity index is 369. The molecule has 0 saturated carbocycles. The largest absolute Gasteiger partial charge is 0.574 e. The molecular formula is C7H7BrF3N3O. The van der Waals surface area contributed by atoms with Crippen LogP contribution in [0, 0.1) is 0 Å². The Kier molecular flexibility index (Phi) is 3.40. The van der Waals surface area contributed by atoms with E-state index >= 15 is 0 Å². The van der Waals surface area contributed by atoms with Crippen LogP contribution >= 0.6 is 15.9 Å². The van der Waals surface area contributed by atoms with Crippen molar-refractivity contribution in [2.75, 3.05) is 5.73 Å². The topological polar surface area (TPSA) is 74.2 Å². The number of aromatic nitrogens is 1. The molecule has 0 atom stereocenters. The Morgan fingerprint density at radius 3 is 2.53 bits per heavy atom. The van der Waals surface area contributed by atoms with Gasteiger partial charge in [0.1, 0.15) is 0 Å². The lowest BCUT2D eigenvalue weighted by atomic mass is 10.2. The van der Waals surface area contributed by atoms with Gasteiger partial charge in [0.2, 0.25) is 5.88 Å². The van der Waals surface area contributed by atoms with E-state index in [0.717, 1.165) is 6.20 Å². The fraction of sp³-hybridized carbons (Fsp3) is 0.286. The van der Waals surface area contributed by atoms with Gasteiger partial charge in [0.25, 0.3) is 0 Å². The van der Waals surface area contributed by atoms with Crippen LogP contribution in [0.25, 0.3) is 0 Å². The lowest BCUT2D eigenvalue weighted by Crippen LogP contribution is -2.20. The number of nitrogens with zero attached hydrogens (tertiary/aromatic N) is 1. The van der Waals surface area contributed by atoms with Gasteiger partial charge in [-0.05, 0) is 15.9 Å². The van der Waals surface area contributed by atoms with Crippen LogP contribution in [0.5, 0.6) is 5.88 Å². The maximum Gasteiger partial charge on any atom is 0.574 e. The molecule has 1 aromatic heterocycles. The van der Waals surface area contributed by atoms with Gasteiger partial charge in [-0.15, -0.1) is 13.2 Å². The van der Waals surface area contributed by atoms with E-state index in [1.165, 1.54) is 0 Å². The molecular weight excluding hydrogens is 279 g/mol. The zero-order chi connectivity index (χ0) is 11.6. The Morgan fingerprint density at radius 1 is 1.47 bits per heavy atom. The van der Waals surface area contributed by atoms with Gasteiger partial charge in [0.05, 0.1) is 16.4 Å². The average molecular weight is 286 g/mol. The number of nitrogens with two attached hydrogens (primary N) is 2. The molecule has 84 valence electrons. The number of anilines is 1. The minimum Gasteiger partial charge on any atom is -0.397 e. The first-order valence-corrected chi connectivity index (χ1v) is 4.53. The van der Waals surface area contributed by atoms with Crippen molar-refractivity contribution < 1.29 is 17.9 Å². The first kappa shape index (κ1) is 12.1. The molecule has 0 saturated heterocycles. The normalized spacial score (nSPS) is 11.5. The summed E-state index contributed by atoms with van der Waals surface area (Å²) in [5.41, 5.74) is 11.0. The van der Waals surface area contributed by atoms with Crippen molar-refractivity contribution in [2.45, 2.75) is 12.9 Å². The quantitative estimate of drug-likeness (QED) is 0.869. The molecule has 0 amide bonds. The number of ether oxygens (including phenoxy) is 1. The smallest absolute Gasteiger partial charge is 0.397 e. The van der Waals surface area contributed by atoms with Crippen LogP contribution in [0.15, 0.2) is 10.7 Å². The number of alkyl halides is 3. The fourth-order valence-electron chi connectivity index (χ4n) is 0.905. The number of hydrogen-bond donors (Lipinski definition) is 2. The summed E-state index contributed by atoms with van der Waals surface area (Å²) in [5.74, 6) is -0.592. The van der Waals surface area contributed by atoms with Gasteiger partial charge < -0.3 is 16.2 Å². The highest BCUT2D eigenvalue weighted by Gasteiger charge is 2.33. The molecule has 0 radical (unpaired) electrons. The van der Waals surface area contributed by atoms with Crippen molar-refractivity contribution in [3.63, 3.8) is 0 Å². The second kappa shape index (κ2) is 4.23. The number of hydrogen-bond acceptors (Lipinski definition) is 4. The van der Waals surface area contributed by atoms with E-state index in [2.05, 4.69) is 25.7 Å². The van der Waals surface area contributed by atoms with Gasteiger partial charge >= 0.3 is 6.36 Å². The molecule has 1 heterocycles. The third-order valence-electron chi connectivity index (χ3n) is 1.51. The van der Waals surface area contributed by atoms with Crippen LogP contribution in [0.1, 0.15) is 5.56 Å². The summed E-state index contributed by atoms with van der Waals surface area (Å²) in [7, 11) is 0. The van der Waals surface area contributed by atoms with E-state index in [-0.39, 0.29) is 22.3 Å². The Balaban J connectivity index is 3.14. The molecule has 0 aliphatic rings. The minimum absolute atomic E-state index is 0.0762. The number of nitrogen functional groups attached to an aromatic ring is 1. The highest BCUT2D eigenvalue weighted by Crippen LogP contribution is 2.32. The SMILES string of the molecule is NCc1c(OC(F)(F)F)ncc(N)c1Br. The zero-order valence-corrected chi connectivity index (χ0v) is 8.89. The van der Waals surface area contributed by atoms with Gasteiger partial charge in [-0.3, -0.25) is 0 Å². The van der Waals surface area contributed by atoms with E-state index in [1.54, 1.807) is 0 Å². The lowest BCUT2D eigenvalue weighted by Gasteiger charge is -2.13. The van der Waals surface area contributed by atoms with Gasteiger partial charge in [-0.25, -0.2) is 4.98 Å². The average Bonchev–Trinajstić information content (AvgIpc) is 2.10. The van der Waals surface area contributed by atoms with E-state index in [1.807, 2.05) is 0 Å². The van der Waals surface area contributed by atoms with E-state index in [0.29, 0.717) is 0 Å². The van der Waals surface area contributed by atoms with Crippen LogP contribution < -0.4 is 16.2 Å². The zero-order valence-electron chi connectivity index (χ0n) is 7.31. The van der Waals surface area contributed by atoms with Crippen molar-refractivity contribution >= 4 is 21.6 Å². The van der Waals surface area contributed by atoms with Crippen molar-refractivity contribution in [3.05, 3.63) is 16.2 Å². The predicted octanol–water partition coefficient (Wildman–Crippen LogP) is 1.78. The molecule has 0 fully saturated rings. The summed E-state index contributed by atoms with van der Waals surface area (Å²) < 4.78 is 39.8. The van der Waals surface area contributed by atoms with Crippen molar-refractivity contribution in [3.8, 4) is 5.88 Å². The number of rotatable bonds is 2. The van der Waals surface area contributed by atoms with Crippen LogP contribution in [0.3, 0.4) is 0 Å². The van der Waals surface area contributed by atoms with E-state index in [4.69, 9.17) is 11.5 Å². The monoisotopic (exact) mass is 285 g/mol. The highest BCUT2D eigenvalue weighted by molar-refractivity contribution is 9.10. The minimum atomic E-state index is -4.80. The highest BCUT2D eigenvalue weighted by atomic mass is 79.9. The van der Waals surface area contributed by atoms with Gasteiger partial charge in [0.15, 0.2) is 0 Å². The maximum absolute atomic E-state index is 11.9. The molecule has 4 nitrogen and oxygen atoms in total. The molecule has 0 spiro atoms. The summed E-state index contributed by atoms with van der Waals surface area (Å²) in [6.07, 6.45) is -3.74.